The topological polar surface area (TPSA) is 117 Å². The minimum absolute atomic E-state index is 0.00877. The molecular weight excluding hydrogens is 352 g/mol. The van der Waals surface area contributed by atoms with Gasteiger partial charge in [-0.1, -0.05) is 24.3 Å². The number of benzene rings is 2. The van der Waals surface area contributed by atoms with E-state index in [1.807, 2.05) is 0 Å². The third-order valence-corrected chi connectivity index (χ3v) is 6.01. The molecule has 24 heavy (non-hydrogen) atoms. The van der Waals surface area contributed by atoms with Crippen LogP contribution in [0.5, 0.6) is 0 Å². The molecule has 7 nitrogen and oxygen atoms in total. The van der Waals surface area contributed by atoms with Crippen molar-refractivity contribution < 1.29 is 21.4 Å². The zero-order valence-corrected chi connectivity index (χ0v) is 13.6. The van der Waals surface area contributed by atoms with Crippen LogP contribution in [-0.4, -0.2) is 25.4 Å². The quantitative estimate of drug-likeness (QED) is 0.712. The molecule has 0 aliphatic rings. The Labute approximate surface area is 138 Å². The molecule has 0 atom stereocenters. The lowest BCUT2D eigenvalue weighted by molar-refractivity contribution is 0.484. The molecule has 0 aliphatic carbocycles. The number of nitrogens with zero attached hydrogens (tertiary/aromatic N) is 2. The number of rotatable bonds is 3. The maximum Gasteiger partial charge on any atom is 0.296 e. The molecule has 122 valence electrons. The normalized spacial score (nSPS) is 12.2. The predicted octanol–water partition coefficient (Wildman–Crippen LogP) is 2.00. The van der Waals surface area contributed by atoms with Crippen molar-refractivity contribution in [3.63, 3.8) is 0 Å². The van der Waals surface area contributed by atoms with Crippen molar-refractivity contribution in [2.45, 2.75) is 9.79 Å². The summed E-state index contributed by atoms with van der Waals surface area (Å²) >= 11 is 0. The zero-order chi connectivity index (χ0) is 17.5. The smallest absolute Gasteiger partial charge is 0.282 e. The van der Waals surface area contributed by atoms with E-state index in [1.165, 1.54) is 42.5 Å². The summed E-state index contributed by atoms with van der Waals surface area (Å²) < 4.78 is 59.0. The monoisotopic (exact) mass is 362 g/mol. The van der Waals surface area contributed by atoms with Crippen LogP contribution in [0.15, 0.2) is 64.5 Å². The van der Waals surface area contributed by atoms with Crippen molar-refractivity contribution in [1.29, 1.82) is 5.26 Å². The van der Waals surface area contributed by atoms with Gasteiger partial charge in [-0.2, -0.15) is 13.7 Å². The van der Waals surface area contributed by atoms with Gasteiger partial charge < -0.3 is 0 Å². The van der Waals surface area contributed by atoms with Gasteiger partial charge in [0.05, 0.1) is 22.0 Å². The van der Waals surface area contributed by atoms with Crippen molar-refractivity contribution in [3.05, 3.63) is 60.3 Å². The Bertz CT molecular complexity index is 1190. The Morgan fingerprint density at radius 2 is 1.62 bits per heavy atom. The second-order valence-electron chi connectivity index (χ2n) is 4.89. The highest BCUT2D eigenvalue weighted by atomic mass is 32.2. The Morgan fingerprint density at radius 1 is 0.958 bits per heavy atom. The first kappa shape index (κ1) is 16.2. The van der Waals surface area contributed by atoms with Gasteiger partial charge in [0.15, 0.2) is 0 Å². The van der Waals surface area contributed by atoms with E-state index in [9.17, 15) is 21.4 Å². The first-order valence-corrected chi connectivity index (χ1v) is 9.47. The van der Waals surface area contributed by atoms with Gasteiger partial charge in [0.1, 0.15) is 4.90 Å². The van der Waals surface area contributed by atoms with Crippen LogP contribution in [-0.2, 0) is 20.1 Å². The Kier molecular flexibility index (Phi) is 3.68. The fourth-order valence-electron chi connectivity index (χ4n) is 2.42. The molecule has 3 rings (SSSR count). The minimum Gasteiger partial charge on any atom is -0.282 e. The highest BCUT2D eigenvalue weighted by Gasteiger charge is 2.27. The van der Waals surface area contributed by atoms with Gasteiger partial charge in [-0.05, 0) is 24.3 Å². The number of aromatic nitrogens is 1. The first-order valence-electron chi connectivity index (χ1n) is 6.59. The number of hydrogen-bond acceptors (Lipinski definition) is 5. The van der Waals surface area contributed by atoms with Crippen molar-refractivity contribution in [1.82, 2.24) is 3.97 Å². The molecule has 0 aliphatic heterocycles. The average Bonchev–Trinajstić information content (AvgIpc) is 2.96. The van der Waals surface area contributed by atoms with Crippen molar-refractivity contribution >= 4 is 31.0 Å². The fraction of sp³-hybridized carbons (Fsp3) is 0. The molecule has 0 saturated heterocycles. The molecule has 0 spiro atoms. The van der Waals surface area contributed by atoms with E-state index in [2.05, 4.69) is 0 Å². The van der Waals surface area contributed by atoms with Crippen LogP contribution in [0.25, 0.3) is 10.9 Å². The third-order valence-electron chi connectivity index (χ3n) is 3.46. The van der Waals surface area contributed by atoms with Crippen LogP contribution in [0.2, 0.25) is 0 Å². The third kappa shape index (κ3) is 2.46. The van der Waals surface area contributed by atoms with Gasteiger partial charge >= 0.3 is 0 Å². The number of hydrogen-bond donors (Lipinski definition) is 1. The zero-order valence-electron chi connectivity index (χ0n) is 12.0. The molecule has 0 amide bonds. The Hall–Kier alpha value is -2.67. The molecule has 2 aromatic carbocycles. The van der Waals surface area contributed by atoms with E-state index in [1.54, 1.807) is 12.1 Å². The second kappa shape index (κ2) is 5.45. The maximum absolute atomic E-state index is 12.8. The Balaban J connectivity index is 2.47. The Morgan fingerprint density at radius 3 is 2.21 bits per heavy atom. The van der Waals surface area contributed by atoms with Gasteiger partial charge in [-0.25, -0.2) is 12.4 Å². The minimum atomic E-state index is -4.72. The fourth-order valence-corrected chi connectivity index (χ4v) is 4.58. The summed E-state index contributed by atoms with van der Waals surface area (Å²) in [7, 11) is -8.82. The van der Waals surface area contributed by atoms with E-state index >= 15 is 0 Å². The van der Waals surface area contributed by atoms with Crippen molar-refractivity contribution in [2.24, 2.45) is 0 Å². The van der Waals surface area contributed by atoms with Gasteiger partial charge in [-0.15, -0.1) is 0 Å². The van der Waals surface area contributed by atoms with Gasteiger partial charge in [0.2, 0.25) is 0 Å². The van der Waals surface area contributed by atoms with Crippen LogP contribution in [0.1, 0.15) is 5.56 Å². The van der Waals surface area contributed by atoms with Gasteiger partial charge in [0.25, 0.3) is 20.1 Å². The summed E-state index contributed by atoms with van der Waals surface area (Å²) in [6.45, 7) is 0. The van der Waals surface area contributed by atoms with E-state index in [4.69, 9.17) is 5.26 Å². The van der Waals surface area contributed by atoms with E-state index in [-0.39, 0.29) is 21.4 Å². The summed E-state index contributed by atoms with van der Waals surface area (Å²) in [5, 5.41) is 9.03. The summed E-state index contributed by atoms with van der Waals surface area (Å²) in [6, 6.07) is 13.4. The van der Waals surface area contributed by atoms with Gasteiger partial charge in [-0.3, -0.25) is 4.55 Å². The van der Waals surface area contributed by atoms with E-state index in [0.717, 1.165) is 10.2 Å². The predicted molar refractivity (Wildman–Crippen MR) is 85.5 cm³/mol. The summed E-state index contributed by atoms with van der Waals surface area (Å²) in [4.78, 5) is -0.680. The van der Waals surface area contributed by atoms with Crippen molar-refractivity contribution in [2.75, 3.05) is 0 Å². The molecule has 0 fully saturated rings. The lowest BCUT2D eigenvalue weighted by Gasteiger charge is -2.07. The number of nitriles is 1. The van der Waals surface area contributed by atoms with Gasteiger partial charge in [0, 0.05) is 11.6 Å². The number of fused-ring (bicyclic) bond motifs is 1. The highest BCUT2D eigenvalue weighted by molar-refractivity contribution is 7.90. The molecule has 0 saturated carbocycles. The molecule has 1 N–H and O–H groups in total. The summed E-state index contributed by atoms with van der Waals surface area (Å²) in [6.07, 6.45) is 0.809. The lowest BCUT2D eigenvalue weighted by atomic mass is 10.1. The molecule has 0 unspecified atom stereocenters. The van der Waals surface area contributed by atoms with E-state index < -0.39 is 25.0 Å². The van der Waals surface area contributed by atoms with Crippen LogP contribution < -0.4 is 0 Å². The SMILES string of the molecule is N#Cc1cccc2c1c(S(=O)(=O)O)cn2S(=O)(=O)c1ccccc1. The van der Waals surface area contributed by atoms with Crippen molar-refractivity contribution in [3.8, 4) is 6.07 Å². The highest BCUT2D eigenvalue weighted by Crippen LogP contribution is 2.31. The molecule has 9 heteroatoms. The van der Waals surface area contributed by atoms with Crippen LogP contribution in [0, 0.1) is 11.3 Å². The second-order valence-corrected chi connectivity index (χ2v) is 8.10. The average molecular weight is 362 g/mol. The van der Waals surface area contributed by atoms with Crippen LogP contribution >= 0.6 is 0 Å². The molecule has 1 heterocycles. The summed E-state index contributed by atoms with van der Waals surface area (Å²) in [5.74, 6) is 0. The largest absolute Gasteiger partial charge is 0.296 e. The maximum atomic E-state index is 12.8. The summed E-state index contributed by atoms with van der Waals surface area (Å²) in [5.41, 5.74) is -0.0623. The van der Waals surface area contributed by atoms with Crippen LogP contribution in [0.3, 0.4) is 0 Å². The molecule has 3 aromatic rings. The van der Waals surface area contributed by atoms with E-state index in [0.29, 0.717) is 0 Å². The standard InChI is InChI=1S/C15H10N2O5S2/c16-9-11-5-4-8-13-15(11)14(24(20,21)22)10-17(13)23(18,19)12-6-2-1-3-7-12/h1-8,10H,(H,20,21,22). The molecule has 0 radical (unpaired) electrons. The molecule has 1 aromatic heterocycles. The molecule has 0 bridgehead atoms. The van der Waals surface area contributed by atoms with Crippen LogP contribution in [0.4, 0.5) is 0 Å². The molecular formula is C15H10N2O5S2. The lowest BCUT2D eigenvalue weighted by Crippen LogP contribution is -2.11. The first-order chi connectivity index (χ1) is 11.3.